The maximum atomic E-state index is 12.6. The second-order valence-corrected chi connectivity index (χ2v) is 8.33. The first-order valence-electron chi connectivity index (χ1n) is 10.2. The molecular weight excluding hydrogens is 436 g/mol. The van der Waals surface area contributed by atoms with Crippen molar-refractivity contribution in [2.24, 2.45) is 0 Å². The molecule has 0 aliphatic rings. The zero-order chi connectivity index (χ0) is 22.8. The van der Waals surface area contributed by atoms with Crippen molar-refractivity contribution in [2.45, 2.75) is 6.54 Å². The molecule has 3 N–H and O–H groups in total. The molecule has 0 aliphatic carbocycles. The number of nitrogens with zero attached hydrogens (tertiary/aromatic N) is 2. The molecule has 7 nitrogen and oxygen atoms in total. The molecule has 0 saturated carbocycles. The van der Waals surface area contributed by atoms with Crippen LogP contribution in [0.4, 0.5) is 11.5 Å². The van der Waals surface area contributed by atoms with E-state index in [2.05, 4.69) is 20.6 Å². The Kier molecular flexibility index (Phi) is 5.42. The number of aromatic nitrogens is 2. The molecule has 0 unspecified atom stereocenters. The quantitative estimate of drug-likeness (QED) is 0.325. The third-order valence-electron chi connectivity index (χ3n) is 5.21. The van der Waals surface area contributed by atoms with E-state index in [0.29, 0.717) is 29.1 Å². The second-order valence-electron chi connectivity index (χ2n) is 7.41. The predicted molar refractivity (Wildman–Crippen MR) is 129 cm³/mol. The van der Waals surface area contributed by atoms with Crippen LogP contribution in [0.5, 0.6) is 0 Å². The molecule has 0 fully saturated rings. The average molecular weight is 455 g/mol. The number of anilines is 2. The van der Waals surface area contributed by atoms with E-state index >= 15 is 0 Å². The fourth-order valence-electron chi connectivity index (χ4n) is 3.59. The number of fused-ring (bicyclic) bond motifs is 3. The molecule has 1 amide bonds. The van der Waals surface area contributed by atoms with E-state index in [-0.39, 0.29) is 11.5 Å². The highest BCUT2D eigenvalue weighted by Crippen LogP contribution is 2.35. The van der Waals surface area contributed by atoms with Crippen LogP contribution in [0.2, 0.25) is 0 Å². The van der Waals surface area contributed by atoms with E-state index in [1.54, 1.807) is 60.1 Å². The van der Waals surface area contributed by atoms with E-state index in [4.69, 9.17) is 0 Å². The standard InChI is InChI=1S/C25H18N4O3S/c30-24(27-14-15-3-2-9-26-13-15)16-4-1-5-18(11-16)28-23-20-8-10-33-22(20)19-7-6-17(25(31)32)12-21(19)29-23/h1-13H,14H2,(H,27,30)(H,28,29)(H,31,32). The number of carboxylic acids is 1. The Hall–Kier alpha value is -4.30. The fraction of sp³-hybridized carbons (Fsp3) is 0.0400. The van der Waals surface area contributed by atoms with Crippen LogP contribution < -0.4 is 10.6 Å². The molecule has 0 atom stereocenters. The number of amides is 1. The Balaban J connectivity index is 1.44. The SMILES string of the molecule is O=C(O)c1ccc2c(c1)nc(Nc1cccc(C(=O)NCc3cccnc3)c1)c1ccsc12. The molecule has 3 heterocycles. The zero-order valence-corrected chi connectivity index (χ0v) is 18.1. The summed E-state index contributed by atoms with van der Waals surface area (Å²) in [5.41, 5.74) is 2.92. The third kappa shape index (κ3) is 4.24. The van der Waals surface area contributed by atoms with Crippen LogP contribution >= 0.6 is 11.3 Å². The molecule has 5 rings (SSSR count). The van der Waals surface area contributed by atoms with Crippen molar-refractivity contribution in [1.29, 1.82) is 0 Å². The first kappa shape index (κ1) is 20.6. The molecule has 33 heavy (non-hydrogen) atoms. The maximum absolute atomic E-state index is 12.6. The zero-order valence-electron chi connectivity index (χ0n) is 17.3. The van der Waals surface area contributed by atoms with Gasteiger partial charge in [-0.2, -0.15) is 0 Å². The first-order valence-corrected chi connectivity index (χ1v) is 11.0. The monoisotopic (exact) mass is 454 g/mol. The number of carbonyl (C=O) groups is 2. The fourth-order valence-corrected chi connectivity index (χ4v) is 4.52. The van der Waals surface area contributed by atoms with Crippen molar-refractivity contribution < 1.29 is 14.7 Å². The van der Waals surface area contributed by atoms with Gasteiger partial charge in [-0.1, -0.05) is 18.2 Å². The lowest BCUT2D eigenvalue weighted by Crippen LogP contribution is -2.22. The lowest BCUT2D eigenvalue weighted by Gasteiger charge is -2.11. The Morgan fingerprint density at radius 3 is 2.70 bits per heavy atom. The number of carboxylic acid groups (broad SMARTS) is 1. The summed E-state index contributed by atoms with van der Waals surface area (Å²) in [7, 11) is 0. The minimum atomic E-state index is -0.996. The van der Waals surface area contributed by atoms with Crippen LogP contribution in [-0.2, 0) is 6.54 Å². The van der Waals surface area contributed by atoms with Crippen molar-refractivity contribution in [3.8, 4) is 0 Å². The number of carbonyl (C=O) groups excluding carboxylic acids is 1. The first-order chi connectivity index (χ1) is 16.1. The summed E-state index contributed by atoms with van der Waals surface area (Å²) in [6.07, 6.45) is 3.40. The molecule has 0 bridgehead atoms. The van der Waals surface area contributed by atoms with E-state index in [1.807, 2.05) is 29.6 Å². The van der Waals surface area contributed by atoms with Crippen molar-refractivity contribution >= 4 is 55.7 Å². The molecule has 0 radical (unpaired) electrons. The highest BCUT2D eigenvalue weighted by molar-refractivity contribution is 7.18. The normalized spacial score (nSPS) is 10.9. The van der Waals surface area contributed by atoms with Crippen LogP contribution in [-0.4, -0.2) is 27.0 Å². The third-order valence-corrected chi connectivity index (χ3v) is 6.15. The van der Waals surface area contributed by atoms with Crippen LogP contribution in [0, 0.1) is 0 Å². The molecule has 0 aliphatic heterocycles. The maximum Gasteiger partial charge on any atom is 0.335 e. The summed E-state index contributed by atoms with van der Waals surface area (Å²) in [6.45, 7) is 0.387. The van der Waals surface area contributed by atoms with Gasteiger partial charge in [-0.15, -0.1) is 11.3 Å². The number of hydrogen-bond acceptors (Lipinski definition) is 6. The van der Waals surface area contributed by atoms with E-state index < -0.39 is 5.97 Å². The van der Waals surface area contributed by atoms with Crippen LogP contribution in [0.15, 0.2) is 78.4 Å². The van der Waals surface area contributed by atoms with Crippen LogP contribution in [0.3, 0.4) is 0 Å². The van der Waals surface area contributed by atoms with Gasteiger partial charge in [0.05, 0.1) is 11.1 Å². The molecule has 0 spiro atoms. The highest BCUT2D eigenvalue weighted by Gasteiger charge is 2.13. The Morgan fingerprint density at radius 2 is 1.88 bits per heavy atom. The Morgan fingerprint density at radius 1 is 0.970 bits per heavy atom. The van der Waals surface area contributed by atoms with Gasteiger partial charge in [-0.25, -0.2) is 9.78 Å². The van der Waals surface area contributed by atoms with Gasteiger partial charge in [0.2, 0.25) is 0 Å². The molecule has 162 valence electrons. The number of nitrogens with one attached hydrogen (secondary N) is 2. The number of pyridine rings is 2. The highest BCUT2D eigenvalue weighted by atomic mass is 32.1. The summed E-state index contributed by atoms with van der Waals surface area (Å²) in [6, 6.07) is 17.8. The number of aromatic carboxylic acids is 1. The summed E-state index contributed by atoms with van der Waals surface area (Å²) in [5, 5.41) is 19.3. The lowest BCUT2D eigenvalue weighted by molar-refractivity contribution is 0.0696. The van der Waals surface area contributed by atoms with Crippen molar-refractivity contribution in [1.82, 2.24) is 15.3 Å². The van der Waals surface area contributed by atoms with E-state index in [9.17, 15) is 14.7 Å². The molecule has 8 heteroatoms. The minimum Gasteiger partial charge on any atom is -0.478 e. The topological polar surface area (TPSA) is 104 Å². The van der Waals surface area contributed by atoms with Gasteiger partial charge in [0.15, 0.2) is 0 Å². The molecule has 2 aromatic carbocycles. The lowest BCUT2D eigenvalue weighted by atomic mass is 10.1. The Bertz CT molecular complexity index is 1500. The Labute approximate surface area is 192 Å². The van der Waals surface area contributed by atoms with Crippen LogP contribution in [0.1, 0.15) is 26.3 Å². The number of rotatable bonds is 6. The van der Waals surface area contributed by atoms with Crippen molar-refractivity contribution in [2.75, 3.05) is 5.32 Å². The van der Waals surface area contributed by atoms with Gasteiger partial charge in [0.25, 0.3) is 5.91 Å². The minimum absolute atomic E-state index is 0.184. The molecule has 3 aromatic heterocycles. The molecule has 0 saturated heterocycles. The van der Waals surface area contributed by atoms with Gasteiger partial charge in [-0.05, 0) is 53.4 Å². The molecular formula is C25H18N4O3S. The van der Waals surface area contributed by atoms with Crippen LogP contribution in [0.25, 0.3) is 21.0 Å². The summed E-state index contributed by atoms with van der Waals surface area (Å²) >= 11 is 1.57. The number of benzene rings is 2. The summed E-state index contributed by atoms with van der Waals surface area (Å²) in [5.74, 6) is -0.584. The smallest absolute Gasteiger partial charge is 0.335 e. The average Bonchev–Trinajstić information content (AvgIpc) is 3.34. The van der Waals surface area contributed by atoms with Gasteiger partial charge in [0, 0.05) is 45.7 Å². The predicted octanol–water partition coefficient (Wildman–Crippen LogP) is 5.22. The largest absolute Gasteiger partial charge is 0.478 e. The number of thiophene rings is 1. The second kappa shape index (κ2) is 8.68. The van der Waals surface area contributed by atoms with Crippen molar-refractivity contribution in [3.05, 3.63) is 95.1 Å². The summed E-state index contributed by atoms with van der Waals surface area (Å²) in [4.78, 5) is 32.8. The van der Waals surface area contributed by atoms with E-state index in [0.717, 1.165) is 21.0 Å². The molecule has 5 aromatic rings. The summed E-state index contributed by atoms with van der Waals surface area (Å²) < 4.78 is 1.02. The number of hydrogen-bond donors (Lipinski definition) is 3. The van der Waals surface area contributed by atoms with Gasteiger partial charge < -0.3 is 15.7 Å². The van der Waals surface area contributed by atoms with Gasteiger partial charge >= 0.3 is 5.97 Å². The van der Waals surface area contributed by atoms with Gasteiger partial charge in [0.1, 0.15) is 5.82 Å². The van der Waals surface area contributed by atoms with Crippen molar-refractivity contribution in [3.63, 3.8) is 0 Å². The van der Waals surface area contributed by atoms with E-state index in [1.165, 1.54) is 0 Å². The van der Waals surface area contributed by atoms with Gasteiger partial charge in [-0.3, -0.25) is 9.78 Å².